The first kappa shape index (κ1) is 76.0. The van der Waals surface area contributed by atoms with E-state index in [2.05, 4.69) is 75.9 Å². The van der Waals surface area contributed by atoms with Crippen LogP contribution in [0.25, 0.3) is 12.2 Å². The van der Waals surface area contributed by atoms with Gasteiger partial charge in [0.2, 0.25) is 6.41 Å². The molecule has 0 spiro atoms. The first-order valence-electron chi connectivity index (χ1n) is 31.9. The molecule has 12 rings (SSSR count). The molecule has 100 heavy (non-hydrogen) atoms. The van der Waals surface area contributed by atoms with Crippen molar-refractivity contribution in [1.82, 2.24) is 35.3 Å². The van der Waals surface area contributed by atoms with Crippen LogP contribution in [0.3, 0.4) is 0 Å². The van der Waals surface area contributed by atoms with Gasteiger partial charge in [-0.2, -0.15) is 0 Å². The molecule has 6 heterocycles. The molecular formula is C79H81N15O6. The van der Waals surface area contributed by atoms with Crippen LogP contribution in [0.15, 0.2) is 293 Å². The van der Waals surface area contributed by atoms with Crippen molar-refractivity contribution in [2.24, 2.45) is 11.7 Å². The Hall–Kier alpha value is -13.0. The predicted octanol–water partition coefficient (Wildman–Crippen LogP) is 14.7. The number of hydrogen-bond acceptors (Lipinski definition) is 18. The zero-order valence-electron chi connectivity index (χ0n) is 55.4. The lowest BCUT2D eigenvalue weighted by atomic mass is 10.0. The standard InChI is InChI=1S/C14H15N3O.2C13H15N3.C13H10N2O2.C13H14N2.C7H5NO3.C6H7N/c18-11-16-17-14-4-2-1-3-13(14)6-5-12-7-9-15-10-8-12;2*14-16-13-4-2-1-3-12(13)6-5-11-7-9-15-10-8-11;16-15(17)13-4-2-1-3-12(13)6-5-11-7-9-14-10-8-11;14-13-4-2-1-3-12(13)6-5-11-7-9-15-10-8-11;9-5-6-3-1-2-4-7(6)8(10)11;1-6-2-4-7-5-3-6/h1-4,7-11,17H,5-6H2,(H,16,18);2*1-4,7-10,16H,5-6,14H2;1-10H;1-4,7-10H,5-6,14H2;1-5H;2-5H,1H3/b;;;6-5+;;;. The van der Waals surface area contributed by atoms with Gasteiger partial charge in [-0.25, -0.2) is 0 Å². The third-order valence-corrected chi connectivity index (χ3v) is 14.8. The molecule has 0 bridgehead atoms. The molecule has 0 aliphatic rings. The van der Waals surface area contributed by atoms with E-state index in [0.717, 1.165) is 79.7 Å². The summed E-state index contributed by atoms with van der Waals surface area (Å²) in [6.45, 7) is 2.04. The number of aromatic nitrogens is 6. The third-order valence-electron chi connectivity index (χ3n) is 14.8. The van der Waals surface area contributed by atoms with Gasteiger partial charge in [0.1, 0.15) is 0 Å². The molecule has 10 N–H and O–H groups in total. The van der Waals surface area contributed by atoms with Crippen molar-refractivity contribution >= 4 is 59.0 Å². The second kappa shape index (κ2) is 45.4. The Morgan fingerprint density at radius 2 is 0.690 bits per heavy atom. The van der Waals surface area contributed by atoms with E-state index >= 15 is 0 Å². The predicted molar refractivity (Wildman–Crippen MR) is 399 cm³/mol. The van der Waals surface area contributed by atoms with Gasteiger partial charge in [-0.05, 0) is 229 Å². The number of amides is 1. The van der Waals surface area contributed by atoms with Crippen molar-refractivity contribution in [3.05, 3.63) is 380 Å². The highest BCUT2D eigenvalue weighted by Gasteiger charge is 2.11. The number of nitrogens with two attached hydrogens (primary N) is 3. The van der Waals surface area contributed by atoms with Gasteiger partial charge < -0.3 is 16.6 Å². The fourth-order valence-corrected chi connectivity index (χ4v) is 9.44. The number of anilines is 4. The minimum absolute atomic E-state index is 0.109. The monoisotopic (exact) mass is 1340 g/mol. The Bertz CT molecular complexity index is 4230. The number of carbonyl (C=O) groups excluding carboxylic acids is 2. The topological polar surface area (TPSA) is 324 Å². The van der Waals surface area contributed by atoms with Crippen LogP contribution < -0.4 is 39.1 Å². The van der Waals surface area contributed by atoms with Crippen LogP contribution in [0.5, 0.6) is 0 Å². The fraction of sp³-hybridized carbons (Fsp3) is 0.114. The van der Waals surface area contributed by atoms with Gasteiger partial charge in [0.05, 0.1) is 38.0 Å². The van der Waals surface area contributed by atoms with Crippen LogP contribution in [0.1, 0.15) is 71.6 Å². The van der Waals surface area contributed by atoms with Gasteiger partial charge in [0.15, 0.2) is 6.29 Å². The largest absolute Gasteiger partial charge is 0.399 e. The molecule has 21 nitrogen and oxygen atoms in total. The third kappa shape index (κ3) is 28.9. The van der Waals surface area contributed by atoms with Gasteiger partial charge in [-0.15, -0.1) is 0 Å². The van der Waals surface area contributed by atoms with Crippen LogP contribution in [0.2, 0.25) is 0 Å². The maximum atomic E-state index is 10.8. The Balaban J connectivity index is 0.000000186. The van der Waals surface area contributed by atoms with Gasteiger partial charge in [0, 0.05) is 92.2 Å². The highest BCUT2D eigenvalue weighted by Crippen LogP contribution is 2.22. The number of nitro groups is 2. The number of nitrogens with zero attached hydrogens (tertiary/aromatic N) is 8. The van der Waals surface area contributed by atoms with Crippen molar-refractivity contribution in [3.8, 4) is 0 Å². The first-order chi connectivity index (χ1) is 49.0. The molecular weight excluding hydrogens is 1250 g/mol. The fourth-order valence-electron chi connectivity index (χ4n) is 9.44. The summed E-state index contributed by atoms with van der Waals surface area (Å²) in [4.78, 5) is 64.3. The van der Waals surface area contributed by atoms with Crippen molar-refractivity contribution in [2.75, 3.05) is 22.0 Å². The average Bonchev–Trinajstić information content (AvgIpc) is 1.33. The summed E-state index contributed by atoms with van der Waals surface area (Å²) in [5.41, 5.74) is 33.3. The lowest BCUT2D eigenvalue weighted by Gasteiger charge is -2.10. The molecule has 21 heteroatoms. The minimum atomic E-state index is -0.580. The minimum Gasteiger partial charge on any atom is -0.399 e. The number of rotatable bonds is 22. The van der Waals surface area contributed by atoms with Crippen molar-refractivity contribution in [3.63, 3.8) is 0 Å². The van der Waals surface area contributed by atoms with E-state index < -0.39 is 4.92 Å². The van der Waals surface area contributed by atoms with Crippen LogP contribution in [-0.2, 0) is 56.2 Å². The normalized spacial score (nSPS) is 9.91. The highest BCUT2D eigenvalue weighted by atomic mass is 16.6. The summed E-state index contributed by atoms with van der Waals surface area (Å²) in [5.74, 6) is 10.9. The Morgan fingerprint density at radius 1 is 0.370 bits per heavy atom. The molecule has 0 saturated heterocycles. The van der Waals surface area contributed by atoms with E-state index in [1.165, 1.54) is 74.3 Å². The molecule has 1 amide bonds. The van der Waals surface area contributed by atoms with Gasteiger partial charge in [-0.1, -0.05) is 103 Å². The molecule has 6 aromatic carbocycles. The maximum Gasteiger partial charge on any atom is 0.279 e. The van der Waals surface area contributed by atoms with E-state index in [0.29, 0.717) is 18.3 Å². The Labute approximate surface area is 582 Å². The molecule has 0 radical (unpaired) electrons. The van der Waals surface area contributed by atoms with E-state index in [-0.39, 0.29) is 21.9 Å². The SMILES string of the molecule is Cc1ccncc1.NNc1ccccc1CCc1ccncc1.NNc1ccccc1CCc1ccncc1.Nc1ccccc1CCc1ccncc1.O=CNNc1ccccc1CCc1ccncc1.O=Cc1ccccc1[N+](=O)[O-].O=[N+]([O-])c1ccccc1/C=C/c1ccncc1. The Kier molecular flexibility index (Phi) is 34.5. The molecule has 0 fully saturated rings. The summed E-state index contributed by atoms with van der Waals surface area (Å²) >= 11 is 0. The molecule has 0 aliphatic carbocycles. The summed E-state index contributed by atoms with van der Waals surface area (Å²) in [7, 11) is 0. The number of nitro benzene ring substituents is 2. The molecule has 12 aromatic rings. The smallest absolute Gasteiger partial charge is 0.279 e. The summed E-state index contributed by atoms with van der Waals surface area (Å²) < 4.78 is 0. The number of nitrogen functional groups attached to an aromatic ring is 3. The highest BCUT2D eigenvalue weighted by molar-refractivity contribution is 5.81. The van der Waals surface area contributed by atoms with Crippen LogP contribution in [0.4, 0.5) is 34.1 Å². The zero-order valence-corrected chi connectivity index (χ0v) is 55.4. The van der Waals surface area contributed by atoms with Crippen molar-refractivity contribution < 1.29 is 19.4 Å². The second-order valence-corrected chi connectivity index (χ2v) is 21.7. The van der Waals surface area contributed by atoms with E-state index in [4.69, 9.17) is 17.4 Å². The maximum absolute atomic E-state index is 10.8. The van der Waals surface area contributed by atoms with Crippen LogP contribution >= 0.6 is 0 Å². The Morgan fingerprint density at radius 3 is 1.05 bits per heavy atom. The van der Waals surface area contributed by atoms with E-state index in [1.807, 2.05) is 196 Å². The molecule has 0 saturated carbocycles. The molecule has 0 aliphatic heterocycles. The first-order valence-corrected chi connectivity index (χ1v) is 31.9. The van der Waals surface area contributed by atoms with Gasteiger partial charge >= 0.3 is 0 Å². The number of nitrogens with one attached hydrogen (secondary N) is 4. The van der Waals surface area contributed by atoms with Crippen molar-refractivity contribution in [1.29, 1.82) is 0 Å². The molecule has 508 valence electrons. The van der Waals surface area contributed by atoms with Crippen LogP contribution in [0, 0.1) is 27.2 Å². The number of carbonyl (C=O) groups is 2. The van der Waals surface area contributed by atoms with Gasteiger partial charge in [0.25, 0.3) is 11.4 Å². The number of hydrazine groups is 3. The number of pyridine rings is 6. The number of benzene rings is 6. The second-order valence-electron chi connectivity index (χ2n) is 21.7. The molecule has 0 unspecified atom stereocenters. The average molecular weight is 1340 g/mol. The number of hydrogen-bond donors (Lipinski definition) is 7. The summed E-state index contributed by atoms with van der Waals surface area (Å²) in [6.07, 6.45) is 33.9. The quantitative estimate of drug-likeness (QED) is 0.0109. The molecule has 6 aromatic heterocycles. The number of aldehydes is 1. The lowest BCUT2D eigenvalue weighted by Crippen LogP contribution is -2.20. The van der Waals surface area contributed by atoms with Gasteiger partial charge in [-0.3, -0.25) is 82.3 Å². The van der Waals surface area contributed by atoms with Crippen LogP contribution in [-0.4, -0.2) is 52.4 Å². The molecule has 0 atom stereocenters. The van der Waals surface area contributed by atoms with E-state index in [9.17, 15) is 29.8 Å². The number of aryl methyl sites for hydroxylation is 9. The summed E-state index contributed by atoms with van der Waals surface area (Å²) in [5, 5.41) is 21.0. The van der Waals surface area contributed by atoms with Crippen molar-refractivity contribution in [2.45, 2.75) is 58.3 Å². The lowest BCUT2D eigenvalue weighted by molar-refractivity contribution is -0.385. The zero-order chi connectivity index (χ0) is 71.0. The van der Waals surface area contributed by atoms with E-state index in [1.54, 1.807) is 67.5 Å². The number of para-hydroxylation sites is 6. The summed E-state index contributed by atoms with van der Waals surface area (Å²) in [6, 6.07) is 68.5.